The van der Waals surface area contributed by atoms with Gasteiger partial charge in [-0.25, -0.2) is 0 Å². The summed E-state index contributed by atoms with van der Waals surface area (Å²) in [6, 6.07) is 8.35. The molecule has 9 heteroatoms. The second kappa shape index (κ2) is 10.2. The number of nitrogens with two attached hydrogens (primary N) is 2. The first-order valence-electron chi connectivity index (χ1n) is 10.4. The molecular formula is C24H28N4O5. The van der Waals surface area contributed by atoms with Crippen LogP contribution < -0.4 is 26.3 Å². The van der Waals surface area contributed by atoms with Crippen LogP contribution in [0.2, 0.25) is 0 Å². The average Bonchev–Trinajstić information content (AvgIpc) is 3.29. The number of carbonyl (C=O) groups excluding carboxylic acids is 2. The topological polar surface area (TPSA) is 143 Å². The van der Waals surface area contributed by atoms with Crippen LogP contribution in [0.15, 0.2) is 41.1 Å². The minimum atomic E-state index is -0.889. The number of aromatic nitrogens is 1. The van der Waals surface area contributed by atoms with Crippen LogP contribution in [0.4, 0.5) is 5.69 Å². The number of carbonyl (C=O) groups is 2. The fraction of sp³-hybridized carbons (Fsp3) is 0.292. The predicted octanol–water partition coefficient (Wildman–Crippen LogP) is 3.17. The maximum atomic E-state index is 12.5. The van der Waals surface area contributed by atoms with Gasteiger partial charge in [0.05, 0.1) is 32.1 Å². The first-order valence-corrected chi connectivity index (χ1v) is 10.4. The van der Waals surface area contributed by atoms with Gasteiger partial charge in [-0.15, -0.1) is 0 Å². The molecule has 3 aromatic rings. The number of primary amides is 1. The summed E-state index contributed by atoms with van der Waals surface area (Å²) in [5, 5.41) is 6.76. The van der Waals surface area contributed by atoms with Gasteiger partial charge in [0.2, 0.25) is 11.8 Å². The number of nitrogens with one attached hydrogen (secondary N) is 1. The number of aryl methyl sites for hydroxylation is 1. The molecule has 0 aliphatic rings. The summed E-state index contributed by atoms with van der Waals surface area (Å²) in [5.74, 6) is 0.814. The number of hydrogen-bond acceptors (Lipinski definition) is 7. The zero-order valence-electron chi connectivity index (χ0n) is 19.1. The number of rotatable bonds is 9. The number of amides is 2. The van der Waals surface area contributed by atoms with E-state index >= 15 is 0 Å². The largest absolute Gasteiger partial charge is 0.496 e. The van der Waals surface area contributed by atoms with E-state index in [0.717, 1.165) is 33.6 Å². The maximum absolute atomic E-state index is 12.5. The molecule has 0 spiro atoms. The third-order valence-corrected chi connectivity index (χ3v) is 5.48. The highest BCUT2D eigenvalue weighted by Crippen LogP contribution is 2.38. The standard InChI is InChI=1S/C24H28N4O5/c1-13-9-16(11-21(32-4)14(13)2)23-17(12-27-33-23)15-5-7-20(31-3)19(10-15)28-24(30)18(25)6-8-22(26)29/h5,7,9-12,18H,6,8,25H2,1-4H3,(H2,26,29)(H,28,30). The van der Waals surface area contributed by atoms with E-state index in [-0.39, 0.29) is 12.8 Å². The van der Waals surface area contributed by atoms with E-state index in [9.17, 15) is 9.59 Å². The molecule has 2 amide bonds. The number of methoxy groups -OCH3 is 2. The molecule has 0 aliphatic heterocycles. The number of benzene rings is 2. The fourth-order valence-corrected chi connectivity index (χ4v) is 3.45. The van der Waals surface area contributed by atoms with Crippen molar-refractivity contribution >= 4 is 17.5 Å². The molecule has 0 saturated heterocycles. The molecule has 1 heterocycles. The minimum absolute atomic E-state index is 0.0231. The average molecular weight is 453 g/mol. The quantitative estimate of drug-likeness (QED) is 0.452. The Kier molecular flexibility index (Phi) is 7.34. The first-order chi connectivity index (χ1) is 15.7. The van der Waals surface area contributed by atoms with Crippen molar-refractivity contribution in [2.45, 2.75) is 32.7 Å². The molecule has 0 fully saturated rings. The Morgan fingerprint density at radius 3 is 2.48 bits per heavy atom. The van der Waals surface area contributed by atoms with Gasteiger partial charge in [0.15, 0.2) is 5.76 Å². The molecule has 33 heavy (non-hydrogen) atoms. The lowest BCUT2D eigenvalue weighted by atomic mass is 9.98. The third-order valence-electron chi connectivity index (χ3n) is 5.48. The van der Waals surface area contributed by atoms with E-state index in [0.29, 0.717) is 17.2 Å². The number of hydrogen-bond donors (Lipinski definition) is 3. The third kappa shape index (κ3) is 5.32. The zero-order chi connectivity index (χ0) is 24.1. The highest BCUT2D eigenvalue weighted by molar-refractivity contribution is 5.97. The van der Waals surface area contributed by atoms with E-state index in [2.05, 4.69) is 10.5 Å². The number of nitrogens with zero attached hydrogens (tertiary/aromatic N) is 1. The van der Waals surface area contributed by atoms with E-state index in [1.54, 1.807) is 25.4 Å². The molecule has 0 saturated carbocycles. The Hall–Kier alpha value is -3.85. The van der Waals surface area contributed by atoms with Crippen LogP contribution in [0.1, 0.15) is 24.0 Å². The normalized spacial score (nSPS) is 11.7. The lowest BCUT2D eigenvalue weighted by Gasteiger charge is -2.15. The van der Waals surface area contributed by atoms with Crippen molar-refractivity contribution in [3.63, 3.8) is 0 Å². The van der Waals surface area contributed by atoms with Gasteiger partial charge in [0.25, 0.3) is 0 Å². The van der Waals surface area contributed by atoms with Gasteiger partial charge in [-0.05, 0) is 61.2 Å². The van der Waals surface area contributed by atoms with Crippen molar-refractivity contribution < 1.29 is 23.6 Å². The Morgan fingerprint density at radius 1 is 1.09 bits per heavy atom. The van der Waals surface area contributed by atoms with Crippen LogP contribution in [-0.4, -0.2) is 37.2 Å². The molecule has 1 aromatic heterocycles. The molecule has 2 aromatic carbocycles. The summed E-state index contributed by atoms with van der Waals surface area (Å²) in [6.45, 7) is 3.99. The van der Waals surface area contributed by atoms with Crippen LogP contribution >= 0.6 is 0 Å². The molecule has 0 bridgehead atoms. The van der Waals surface area contributed by atoms with Crippen molar-refractivity contribution in [2.24, 2.45) is 11.5 Å². The summed E-state index contributed by atoms with van der Waals surface area (Å²) < 4.78 is 16.5. The molecule has 0 radical (unpaired) electrons. The Balaban J connectivity index is 1.95. The summed E-state index contributed by atoms with van der Waals surface area (Å²) >= 11 is 0. The molecule has 5 N–H and O–H groups in total. The maximum Gasteiger partial charge on any atom is 0.241 e. The number of anilines is 1. The van der Waals surface area contributed by atoms with Gasteiger partial charge >= 0.3 is 0 Å². The molecule has 174 valence electrons. The SMILES string of the molecule is COc1ccc(-c2cnoc2-c2cc(C)c(C)c(OC)c2)cc1NC(=O)C(N)CCC(N)=O. The van der Waals surface area contributed by atoms with Gasteiger partial charge in [-0.2, -0.15) is 0 Å². The smallest absolute Gasteiger partial charge is 0.241 e. The highest BCUT2D eigenvalue weighted by atomic mass is 16.5. The lowest BCUT2D eigenvalue weighted by Crippen LogP contribution is -2.36. The summed E-state index contributed by atoms with van der Waals surface area (Å²) in [7, 11) is 3.13. The van der Waals surface area contributed by atoms with Crippen molar-refractivity contribution in [1.29, 1.82) is 0 Å². The summed E-state index contributed by atoms with van der Waals surface area (Å²) in [6.07, 6.45) is 1.78. The first kappa shape index (κ1) is 23.8. The molecule has 9 nitrogen and oxygen atoms in total. The summed E-state index contributed by atoms with van der Waals surface area (Å²) in [5.41, 5.74) is 15.9. The van der Waals surface area contributed by atoms with Gasteiger partial charge in [0, 0.05) is 17.5 Å². The Labute approximate surface area is 192 Å². The van der Waals surface area contributed by atoms with E-state index in [1.165, 1.54) is 7.11 Å². The van der Waals surface area contributed by atoms with Crippen molar-refractivity contribution in [2.75, 3.05) is 19.5 Å². The zero-order valence-corrected chi connectivity index (χ0v) is 19.1. The van der Waals surface area contributed by atoms with Gasteiger partial charge in [-0.3, -0.25) is 9.59 Å². The molecule has 1 unspecified atom stereocenters. The minimum Gasteiger partial charge on any atom is -0.496 e. The Morgan fingerprint density at radius 2 is 1.82 bits per heavy atom. The van der Waals surface area contributed by atoms with E-state index < -0.39 is 17.9 Å². The van der Waals surface area contributed by atoms with Gasteiger partial charge < -0.3 is 30.8 Å². The van der Waals surface area contributed by atoms with Crippen LogP contribution in [0, 0.1) is 13.8 Å². The molecule has 3 rings (SSSR count). The second-order valence-corrected chi connectivity index (χ2v) is 7.70. The van der Waals surface area contributed by atoms with E-state index in [1.807, 2.05) is 32.0 Å². The van der Waals surface area contributed by atoms with Crippen molar-refractivity contribution in [3.8, 4) is 33.9 Å². The molecule has 1 atom stereocenters. The highest BCUT2D eigenvalue weighted by Gasteiger charge is 2.20. The van der Waals surface area contributed by atoms with Gasteiger partial charge in [0.1, 0.15) is 11.5 Å². The lowest BCUT2D eigenvalue weighted by molar-refractivity contribution is -0.119. The van der Waals surface area contributed by atoms with Crippen LogP contribution in [0.3, 0.4) is 0 Å². The van der Waals surface area contributed by atoms with Crippen LogP contribution in [-0.2, 0) is 9.59 Å². The second-order valence-electron chi connectivity index (χ2n) is 7.70. The van der Waals surface area contributed by atoms with Gasteiger partial charge in [-0.1, -0.05) is 11.2 Å². The monoisotopic (exact) mass is 452 g/mol. The molecule has 0 aliphatic carbocycles. The Bertz CT molecular complexity index is 1170. The van der Waals surface area contributed by atoms with Crippen molar-refractivity contribution in [1.82, 2.24) is 5.16 Å². The van der Waals surface area contributed by atoms with Crippen LogP contribution in [0.5, 0.6) is 11.5 Å². The summed E-state index contributed by atoms with van der Waals surface area (Å²) in [4.78, 5) is 23.5. The molecular weight excluding hydrogens is 424 g/mol. The predicted molar refractivity (Wildman–Crippen MR) is 125 cm³/mol. The number of ether oxygens (including phenoxy) is 2. The van der Waals surface area contributed by atoms with Crippen LogP contribution in [0.25, 0.3) is 22.5 Å². The van der Waals surface area contributed by atoms with E-state index in [4.69, 9.17) is 25.5 Å². The fourth-order valence-electron chi connectivity index (χ4n) is 3.45. The van der Waals surface area contributed by atoms with Crippen molar-refractivity contribution in [3.05, 3.63) is 47.7 Å².